The van der Waals surface area contributed by atoms with Gasteiger partial charge in [-0.15, -0.1) is 0 Å². The van der Waals surface area contributed by atoms with E-state index in [0.717, 1.165) is 38.8 Å². The second-order valence-corrected chi connectivity index (χ2v) is 4.72. The fourth-order valence-electron chi connectivity index (χ4n) is 2.02. The molecule has 3 nitrogen and oxygen atoms in total. The average molecular weight is 222 g/mol. The number of nitrogens with zero attached hydrogens (tertiary/aromatic N) is 2. The van der Waals surface area contributed by atoms with E-state index in [1.54, 1.807) is 0 Å². The Labute approximate surface area is 98.4 Å². The second kappa shape index (κ2) is 5.34. The third-order valence-corrected chi connectivity index (χ3v) is 3.68. The van der Waals surface area contributed by atoms with Crippen molar-refractivity contribution in [2.45, 2.75) is 46.5 Å². The fraction of sp³-hybridized carbons (Fsp3) is 0.846. The van der Waals surface area contributed by atoms with Gasteiger partial charge in [0, 0.05) is 13.1 Å². The molecule has 0 bridgehead atoms. The lowest BCUT2D eigenvalue weighted by atomic mass is 10.0. The van der Waals surface area contributed by atoms with Crippen molar-refractivity contribution in [1.82, 2.24) is 4.90 Å². The fourth-order valence-corrected chi connectivity index (χ4v) is 2.02. The van der Waals surface area contributed by atoms with Crippen LogP contribution >= 0.6 is 0 Å². The van der Waals surface area contributed by atoms with Gasteiger partial charge in [0.25, 0.3) is 0 Å². The van der Waals surface area contributed by atoms with Gasteiger partial charge >= 0.3 is 0 Å². The van der Waals surface area contributed by atoms with Crippen molar-refractivity contribution in [3.63, 3.8) is 0 Å². The van der Waals surface area contributed by atoms with E-state index in [1.165, 1.54) is 0 Å². The minimum atomic E-state index is -0.651. The summed E-state index contributed by atoms with van der Waals surface area (Å²) in [5.41, 5.74) is -0.651. The number of hydrogen-bond acceptors (Lipinski definition) is 2. The zero-order valence-electron chi connectivity index (χ0n) is 10.6. The van der Waals surface area contributed by atoms with E-state index in [4.69, 9.17) is 5.26 Å². The maximum atomic E-state index is 12.2. The second-order valence-electron chi connectivity index (χ2n) is 4.72. The molecular weight excluding hydrogens is 200 g/mol. The van der Waals surface area contributed by atoms with Gasteiger partial charge < -0.3 is 4.90 Å². The third-order valence-electron chi connectivity index (χ3n) is 3.68. The Balaban J connectivity index is 2.61. The number of nitriles is 1. The molecule has 1 aliphatic rings. The molecule has 0 atom stereocenters. The topological polar surface area (TPSA) is 44.1 Å². The van der Waals surface area contributed by atoms with Gasteiger partial charge in [0.2, 0.25) is 5.91 Å². The number of rotatable bonds is 6. The van der Waals surface area contributed by atoms with E-state index in [2.05, 4.69) is 19.9 Å². The van der Waals surface area contributed by atoms with Crippen LogP contribution in [0.4, 0.5) is 0 Å². The summed E-state index contributed by atoms with van der Waals surface area (Å²) >= 11 is 0. The maximum Gasteiger partial charge on any atom is 0.243 e. The van der Waals surface area contributed by atoms with Crippen molar-refractivity contribution in [3.8, 4) is 6.07 Å². The van der Waals surface area contributed by atoms with E-state index < -0.39 is 5.41 Å². The van der Waals surface area contributed by atoms with Crippen molar-refractivity contribution < 1.29 is 4.79 Å². The van der Waals surface area contributed by atoms with Crippen LogP contribution in [0.1, 0.15) is 46.5 Å². The highest BCUT2D eigenvalue weighted by molar-refractivity contribution is 5.88. The minimum Gasteiger partial charge on any atom is -0.341 e. The summed E-state index contributed by atoms with van der Waals surface area (Å²) in [6.07, 6.45) is 3.70. The Morgan fingerprint density at radius 2 is 1.94 bits per heavy atom. The highest BCUT2D eigenvalue weighted by atomic mass is 16.2. The van der Waals surface area contributed by atoms with Crippen LogP contribution in [0.2, 0.25) is 0 Å². The van der Waals surface area contributed by atoms with Crippen LogP contribution in [-0.2, 0) is 4.79 Å². The Morgan fingerprint density at radius 3 is 2.25 bits per heavy atom. The van der Waals surface area contributed by atoms with Crippen molar-refractivity contribution in [2.75, 3.05) is 13.1 Å². The number of carbonyl (C=O) groups is 1. The molecule has 0 aliphatic heterocycles. The highest BCUT2D eigenvalue weighted by Gasteiger charge is 2.52. The molecule has 90 valence electrons. The summed E-state index contributed by atoms with van der Waals surface area (Å²) < 4.78 is 0. The normalized spacial score (nSPS) is 16.9. The first-order valence-electron chi connectivity index (χ1n) is 6.34. The molecule has 1 fully saturated rings. The van der Waals surface area contributed by atoms with E-state index >= 15 is 0 Å². The molecular formula is C13H22N2O. The summed E-state index contributed by atoms with van der Waals surface area (Å²) in [4.78, 5) is 14.0. The molecule has 1 saturated carbocycles. The first kappa shape index (κ1) is 13.0. The van der Waals surface area contributed by atoms with Crippen molar-refractivity contribution in [2.24, 2.45) is 11.3 Å². The Morgan fingerprint density at radius 1 is 1.38 bits per heavy atom. The van der Waals surface area contributed by atoms with Gasteiger partial charge in [-0.1, -0.05) is 26.7 Å². The van der Waals surface area contributed by atoms with Gasteiger partial charge in [0.15, 0.2) is 0 Å². The number of amides is 1. The van der Waals surface area contributed by atoms with Crippen LogP contribution in [0.3, 0.4) is 0 Å². The summed E-state index contributed by atoms with van der Waals surface area (Å²) in [5.74, 6) is 0.628. The van der Waals surface area contributed by atoms with Gasteiger partial charge in [-0.05, 0) is 25.7 Å². The third kappa shape index (κ3) is 2.55. The van der Waals surface area contributed by atoms with Gasteiger partial charge in [-0.2, -0.15) is 5.26 Å². The molecule has 0 spiro atoms. The number of hydrogen-bond donors (Lipinski definition) is 0. The largest absolute Gasteiger partial charge is 0.341 e. The molecule has 1 aliphatic carbocycles. The lowest BCUT2D eigenvalue weighted by molar-refractivity contribution is -0.135. The average Bonchev–Trinajstić information content (AvgIpc) is 3.11. The van der Waals surface area contributed by atoms with E-state index in [0.29, 0.717) is 5.92 Å². The van der Waals surface area contributed by atoms with Crippen LogP contribution in [0.5, 0.6) is 0 Å². The van der Waals surface area contributed by atoms with Gasteiger partial charge in [0.05, 0.1) is 6.07 Å². The highest BCUT2D eigenvalue weighted by Crippen LogP contribution is 2.46. The van der Waals surface area contributed by atoms with Crippen molar-refractivity contribution in [3.05, 3.63) is 0 Å². The van der Waals surface area contributed by atoms with Crippen molar-refractivity contribution >= 4 is 5.91 Å². The van der Waals surface area contributed by atoms with Crippen LogP contribution in [0.25, 0.3) is 0 Å². The zero-order valence-corrected chi connectivity index (χ0v) is 10.6. The smallest absolute Gasteiger partial charge is 0.243 e. The zero-order chi connectivity index (χ0) is 12.2. The van der Waals surface area contributed by atoms with Crippen LogP contribution in [0, 0.1) is 22.7 Å². The first-order chi connectivity index (χ1) is 7.63. The van der Waals surface area contributed by atoms with E-state index in [1.807, 2.05) is 11.8 Å². The van der Waals surface area contributed by atoms with Crippen LogP contribution in [0.15, 0.2) is 0 Å². The quantitative estimate of drug-likeness (QED) is 0.693. The standard InChI is InChI=1S/C13H22N2O/c1-4-11(5-2)9-15(6-3)12(16)13(10-14)7-8-13/h11H,4-9H2,1-3H3. The number of carbonyl (C=O) groups excluding carboxylic acids is 1. The molecule has 0 N–H and O–H groups in total. The van der Waals surface area contributed by atoms with E-state index in [-0.39, 0.29) is 5.91 Å². The minimum absolute atomic E-state index is 0.0596. The molecule has 16 heavy (non-hydrogen) atoms. The molecule has 0 unspecified atom stereocenters. The first-order valence-corrected chi connectivity index (χ1v) is 6.34. The molecule has 1 rings (SSSR count). The van der Waals surface area contributed by atoms with Gasteiger partial charge in [-0.3, -0.25) is 4.79 Å². The molecule has 0 saturated heterocycles. The molecule has 0 aromatic rings. The van der Waals surface area contributed by atoms with Gasteiger partial charge in [-0.25, -0.2) is 0 Å². The Hall–Kier alpha value is -1.04. The molecule has 0 heterocycles. The monoisotopic (exact) mass is 222 g/mol. The predicted molar refractivity (Wildman–Crippen MR) is 63.6 cm³/mol. The lowest BCUT2D eigenvalue weighted by Crippen LogP contribution is -2.39. The predicted octanol–water partition coefficient (Wildman–Crippen LogP) is 2.57. The SMILES string of the molecule is CCC(CC)CN(CC)C(=O)C1(C#N)CC1. The maximum absolute atomic E-state index is 12.2. The molecule has 0 aromatic heterocycles. The summed E-state index contributed by atoms with van der Waals surface area (Å²) in [5, 5.41) is 9.02. The lowest BCUT2D eigenvalue weighted by Gasteiger charge is -2.27. The summed E-state index contributed by atoms with van der Waals surface area (Å²) in [6.45, 7) is 7.84. The van der Waals surface area contributed by atoms with Crippen LogP contribution in [-0.4, -0.2) is 23.9 Å². The van der Waals surface area contributed by atoms with Crippen LogP contribution < -0.4 is 0 Å². The Kier molecular flexibility index (Phi) is 4.35. The summed E-state index contributed by atoms with van der Waals surface area (Å²) in [7, 11) is 0. The molecule has 3 heteroatoms. The summed E-state index contributed by atoms with van der Waals surface area (Å²) in [6, 6.07) is 2.19. The van der Waals surface area contributed by atoms with Gasteiger partial charge in [0.1, 0.15) is 5.41 Å². The Bertz CT molecular complexity index is 285. The van der Waals surface area contributed by atoms with E-state index in [9.17, 15) is 4.79 Å². The van der Waals surface area contributed by atoms with Crippen molar-refractivity contribution in [1.29, 1.82) is 5.26 Å². The molecule has 1 amide bonds. The molecule has 0 radical (unpaired) electrons. The molecule has 0 aromatic carbocycles.